The van der Waals surface area contributed by atoms with Gasteiger partial charge in [-0.05, 0) is 49.1 Å². The summed E-state index contributed by atoms with van der Waals surface area (Å²) in [7, 11) is -0.513. The van der Waals surface area contributed by atoms with Crippen molar-refractivity contribution in [1.82, 2.24) is 14.9 Å². The zero-order chi connectivity index (χ0) is 21.8. The largest absolute Gasteiger partial charge is 0.357 e. The van der Waals surface area contributed by atoms with Gasteiger partial charge in [0.2, 0.25) is 10.0 Å². The minimum Gasteiger partial charge on any atom is -0.357 e. The summed E-state index contributed by atoms with van der Waals surface area (Å²) < 4.78 is 40.0. The fourth-order valence-electron chi connectivity index (χ4n) is 3.38. The Kier molecular flexibility index (Phi) is 6.77. The van der Waals surface area contributed by atoms with Gasteiger partial charge in [0.1, 0.15) is 5.82 Å². The summed E-state index contributed by atoms with van der Waals surface area (Å²) >= 11 is 0. The fraction of sp³-hybridized carbons (Fsp3) is 0.409. The molecule has 0 aliphatic heterocycles. The summed E-state index contributed by atoms with van der Waals surface area (Å²) in [6.45, 7) is 3.52. The lowest BCUT2D eigenvalue weighted by Gasteiger charge is -2.19. The summed E-state index contributed by atoms with van der Waals surface area (Å²) in [4.78, 5) is 4.85. The van der Waals surface area contributed by atoms with Gasteiger partial charge < -0.3 is 10.6 Å². The van der Waals surface area contributed by atoms with Crippen LogP contribution in [0.4, 0.5) is 4.39 Å². The van der Waals surface area contributed by atoms with Crippen LogP contribution in [0.1, 0.15) is 30.9 Å². The molecule has 0 heterocycles. The maximum absolute atomic E-state index is 13.6. The maximum Gasteiger partial charge on any atom is 0.242 e. The van der Waals surface area contributed by atoms with Gasteiger partial charge in [-0.2, -0.15) is 0 Å². The summed E-state index contributed by atoms with van der Waals surface area (Å²) in [5.41, 5.74) is 1.55. The first-order chi connectivity index (χ1) is 14.3. The molecule has 30 heavy (non-hydrogen) atoms. The average molecular weight is 433 g/mol. The van der Waals surface area contributed by atoms with Crippen LogP contribution in [0.15, 0.2) is 58.4 Å². The predicted molar refractivity (Wildman–Crippen MR) is 117 cm³/mol. The molecule has 2 N–H and O–H groups in total. The van der Waals surface area contributed by atoms with Crippen LogP contribution in [0, 0.1) is 5.82 Å². The molecule has 2 aromatic rings. The molecule has 0 amide bonds. The number of rotatable bonds is 8. The minimum atomic E-state index is -3.55. The monoisotopic (exact) mass is 432 g/mol. The molecule has 2 aromatic carbocycles. The second kappa shape index (κ2) is 9.14. The van der Waals surface area contributed by atoms with Crippen LogP contribution in [0.25, 0.3) is 0 Å². The van der Waals surface area contributed by atoms with Gasteiger partial charge in [-0.15, -0.1) is 0 Å². The van der Waals surface area contributed by atoms with E-state index in [-0.39, 0.29) is 22.7 Å². The number of halogens is 1. The molecule has 1 fully saturated rings. The van der Waals surface area contributed by atoms with Crippen LogP contribution >= 0.6 is 0 Å². The summed E-state index contributed by atoms with van der Waals surface area (Å²) in [5, 5.41) is 6.55. The quantitative estimate of drug-likeness (QED) is 0.497. The molecule has 0 saturated heterocycles. The third-order valence-corrected chi connectivity index (χ3v) is 7.28. The first-order valence-corrected chi connectivity index (χ1v) is 11.5. The lowest BCUT2D eigenvalue weighted by molar-refractivity contribution is 0.519. The molecule has 0 spiro atoms. The van der Waals surface area contributed by atoms with Gasteiger partial charge in [0, 0.05) is 32.6 Å². The summed E-state index contributed by atoms with van der Waals surface area (Å²) in [5.74, 6) is 0.385. The van der Waals surface area contributed by atoms with E-state index in [2.05, 4.69) is 15.6 Å². The van der Waals surface area contributed by atoms with Crippen LogP contribution in [0.5, 0.6) is 0 Å². The van der Waals surface area contributed by atoms with E-state index in [1.807, 2.05) is 19.1 Å². The number of benzene rings is 2. The van der Waals surface area contributed by atoms with Crippen molar-refractivity contribution in [3.05, 3.63) is 65.5 Å². The number of aliphatic imine (C=N–C) groups is 1. The minimum absolute atomic E-state index is 0.0789. The highest BCUT2D eigenvalue weighted by molar-refractivity contribution is 7.89. The fourth-order valence-corrected chi connectivity index (χ4v) is 4.49. The van der Waals surface area contributed by atoms with Gasteiger partial charge in [-0.3, -0.25) is 0 Å². The van der Waals surface area contributed by atoms with Crippen LogP contribution in [0.3, 0.4) is 0 Å². The van der Waals surface area contributed by atoms with Crippen molar-refractivity contribution < 1.29 is 12.8 Å². The van der Waals surface area contributed by atoms with E-state index in [4.69, 9.17) is 0 Å². The summed E-state index contributed by atoms with van der Waals surface area (Å²) in [6.07, 6.45) is 1.99. The molecule has 8 heteroatoms. The third kappa shape index (κ3) is 4.99. The smallest absolute Gasteiger partial charge is 0.242 e. The molecule has 0 radical (unpaired) electrons. The van der Waals surface area contributed by atoms with Gasteiger partial charge in [-0.25, -0.2) is 22.1 Å². The standard InChI is InChI=1S/C22H29FN4O2S/c1-4-24-21(26-16-22(12-13-22)18-9-7-10-19(23)14-18)25-15-17-8-5-6-11-20(17)30(28,29)27(2)3/h5-11,14H,4,12-13,15-16H2,1-3H3,(H2,24,25,26). The molecule has 1 aliphatic carbocycles. The van der Waals surface area contributed by atoms with E-state index in [1.165, 1.54) is 24.5 Å². The topological polar surface area (TPSA) is 73.8 Å². The van der Waals surface area contributed by atoms with Crippen molar-refractivity contribution >= 4 is 16.0 Å². The Bertz CT molecular complexity index is 1020. The van der Waals surface area contributed by atoms with E-state index in [0.29, 0.717) is 24.6 Å². The zero-order valence-corrected chi connectivity index (χ0v) is 18.5. The Morgan fingerprint density at radius 2 is 1.87 bits per heavy atom. The number of nitrogens with one attached hydrogen (secondary N) is 2. The first kappa shape index (κ1) is 22.2. The van der Waals surface area contributed by atoms with Crippen LogP contribution in [-0.2, 0) is 22.0 Å². The molecule has 0 bridgehead atoms. The molecule has 6 nitrogen and oxygen atoms in total. The van der Waals surface area contributed by atoms with Crippen LogP contribution in [0.2, 0.25) is 0 Å². The molecule has 1 saturated carbocycles. The Labute approximate surface area is 178 Å². The average Bonchev–Trinajstić information content (AvgIpc) is 3.51. The maximum atomic E-state index is 13.6. The van der Waals surface area contributed by atoms with Crippen molar-refractivity contribution in [1.29, 1.82) is 0 Å². The SMILES string of the molecule is CCNC(=NCc1ccccc1S(=O)(=O)N(C)C)NCC1(c2cccc(F)c2)CC1. The molecule has 162 valence electrons. The van der Waals surface area contributed by atoms with Gasteiger partial charge in [-0.1, -0.05) is 30.3 Å². The van der Waals surface area contributed by atoms with Crippen molar-refractivity contribution in [3.63, 3.8) is 0 Å². The van der Waals surface area contributed by atoms with E-state index in [9.17, 15) is 12.8 Å². The van der Waals surface area contributed by atoms with Gasteiger partial charge in [0.25, 0.3) is 0 Å². The number of hydrogen-bond acceptors (Lipinski definition) is 3. The molecule has 0 aromatic heterocycles. The molecule has 3 rings (SSSR count). The van der Waals surface area contributed by atoms with Gasteiger partial charge in [0.15, 0.2) is 5.96 Å². The van der Waals surface area contributed by atoms with Crippen LogP contribution < -0.4 is 10.6 Å². The van der Waals surface area contributed by atoms with E-state index in [0.717, 1.165) is 18.4 Å². The Balaban J connectivity index is 1.75. The number of sulfonamides is 1. The van der Waals surface area contributed by atoms with Gasteiger partial charge >= 0.3 is 0 Å². The van der Waals surface area contributed by atoms with Crippen molar-refractivity contribution in [2.24, 2.45) is 4.99 Å². The first-order valence-electron chi connectivity index (χ1n) is 10.1. The lowest BCUT2D eigenvalue weighted by Crippen LogP contribution is -2.41. The number of hydrogen-bond donors (Lipinski definition) is 2. The molecule has 0 atom stereocenters. The molecular formula is C22H29FN4O2S. The normalized spacial score (nSPS) is 15.8. The van der Waals surface area contributed by atoms with Crippen molar-refractivity contribution in [2.75, 3.05) is 27.2 Å². The zero-order valence-electron chi connectivity index (χ0n) is 17.7. The van der Waals surface area contributed by atoms with Gasteiger partial charge in [0.05, 0.1) is 11.4 Å². The second-order valence-corrected chi connectivity index (χ2v) is 9.85. The highest BCUT2D eigenvalue weighted by atomic mass is 32.2. The Morgan fingerprint density at radius 3 is 2.50 bits per heavy atom. The Morgan fingerprint density at radius 1 is 1.13 bits per heavy atom. The second-order valence-electron chi connectivity index (χ2n) is 7.73. The predicted octanol–water partition coefficient (Wildman–Crippen LogP) is 2.86. The number of guanidine groups is 1. The third-order valence-electron chi connectivity index (χ3n) is 5.37. The summed E-state index contributed by atoms with van der Waals surface area (Å²) in [6, 6.07) is 13.7. The highest BCUT2D eigenvalue weighted by Gasteiger charge is 2.44. The van der Waals surface area contributed by atoms with Crippen molar-refractivity contribution in [3.8, 4) is 0 Å². The van der Waals surface area contributed by atoms with E-state index >= 15 is 0 Å². The number of nitrogens with zero attached hydrogens (tertiary/aromatic N) is 2. The van der Waals surface area contributed by atoms with E-state index in [1.54, 1.807) is 30.3 Å². The van der Waals surface area contributed by atoms with Crippen LogP contribution in [-0.4, -0.2) is 45.9 Å². The van der Waals surface area contributed by atoms with E-state index < -0.39 is 10.0 Å². The highest BCUT2D eigenvalue weighted by Crippen LogP contribution is 2.47. The molecule has 0 unspecified atom stereocenters. The lowest BCUT2D eigenvalue weighted by atomic mass is 9.96. The molecular weight excluding hydrogens is 403 g/mol. The molecule has 1 aliphatic rings. The van der Waals surface area contributed by atoms with Crippen molar-refractivity contribution in [2.45, 2.75) is 36.6 Å². The Hall–Kier alpha value is -2.45.